The minimum Gasteiger partial charge on any atom is -0.461 e. The highest BCUT2D eigenvalue weighted by molar-refractivity contribution is 5.76. The average molecular weight is 336 g/mol. The van der Waals surface area contributed by atoms with Gasteiger partial charge in [-0.25, -0.2) is 4.79 Å². The Morgan fingerprint density at radius 3 is 2.48 bits per heavy atom. The quantitative estimate of drug-likeness (QED) is 0.650. The van der Waals surface area contributed by atoms with Gasteiger partial charge in [0.2, 0.25) is 0 Å². The minimum atomic E-state index is -0.322. The number of imidazole rings is 1. The van der Waals surface area contributed by atoms with Gasteiger partial charge in [-0.05, 0) is 23.8 Å². The Morgan fingerprint density at radius 1 is 1.04 bits per heavy atom. The third kappa shape index (κ3) is 3.88. The summed E-state index contributed by atoms with van der Waals surface area (Å²) in [4.78, 5) is 24.2. The first kappa shape index (κ1) is 16.8. The van der Waals surface area contributed by atoms with Crippen molar-refractivity contribution in [2.24, 2.45) is 7.05 Å². The van der Waals surface area contributed by atoms with Crippen molar-refractivity contribution in [3.63, 3.8) is 0 Å². The zero-order chi connectivity index (χ0) is 17.6. The van der Waals surface area contributed by atoms with Gasteiger partial charge in [0.1, 0.15) is 6.61 Å². The van der Waals surface area contributed by atoms with Crippen molar-refractivity contribution in [2.75, 3.05) is 6.61 Å². The molecule has 3 aromatic rings. The van der Waals surface area contributed by atoms with E-state index in [0.717, 1.165) is 16.6 Å². The third-order valence-electron chi connectivity index (χ3n) is 4.04. The summed E-state index contributed by atoms with van der Waals surface area (Å²) in [6.45, 7) is 0.527. The molecule has 128 valence electrons. The number of carbonyl (C=O) groups excluding carboxylic acids is 1. The molecule has 5 nitrogen and oxygen atoms in total. The zero-order valence-corrected chi connectivity index (χ0v) is 14.1. The van der Waals surface area contributed by atoms with Gasteiger partial charge in [-0.15, -0.1) is 0 Å². The maximum atomic E-state index is 12.3. The fourth-order valence-corrected chi connectivity index (χ4v) is 2.74. The Kier molecular flexibility index (Phi) is 5.14. The van der Waals surface area contributed by atoms with E-state index in [1.165, 1.54) is 0 Å². The molecule has 0 amide bonds. The molecule has 0 radical (unpaired) electrons. The van der Waals surface area contributed by atoms with E-state index in [1.54, 1.807) is 22.3 Å². The molecule has 0 bridgehead atoms. The Labute approximate surface area is 145 Å². The van der Waals surface area contributed by atoms with Crippen molar-refractivity contribution < 1.29 is 9.53 Å². The van der Waals surface area contributed by atoms with Crippen LogP contribution in [0.4, 0.5) is 0 Å². The standard InChI is InChI=1S/C20H20N2O3/c1-21-17-11-5-6-12-18(17)22(20(21)24)14-13-19(23)25-15-7-10-16-8-3-2-4-9-16/h2-12H,13-15H2,1H3. The SMILES string of the molecule is Cn1c(=O)n(CCC(=O)OCC=Cc2ccccc2)c2ccccc21. The lowest BCUT2D eigenvalue weighted by molar-refractivity contribution is -0.142. The van der Waals surface area contributed by atoms with Crippen LogP contribution in [0.2, 0.25) is 0 Å². The number of aromatic nitrogens is 2. The Bertz CT molecular complexity index is 952. The fraction of sp³-hybridized carbons (Fsp3) is 0.200. The summed E-state index contributed by atoms with van der Waals surface area (Å²) < 4.78 is 8.39. The molecule has 0 spiro atoms. The van der Waals surface area contributed by atoms with E-state index in [2.05, 4.69) is 0 Å². The van der Waals surface area contributed by atoms with Gasteiger partial charge in [0.15, 0.2) is 0 Å². The molecule has 0 atom stereocenters. The fourth-order valence-electron chi connectivity index (χ4n) is 2.74. The van der Waals surface area contributed by atoms with Crippen LogP contribution in [0.5, 0.6) is 0 Å². The number of esters is 1. The Balaban J connectivity index is 1.56. The molecule has 1 aromatic heterocycles. The van der Waals surface area contributed by atoms with Gasteiger partial charge in [0, 0.05) is 13.6 Å². The van der Waals surface area contributed by atoms with Crippen LogP contribution in [0.3, 0.4) is 0 Å². The van der Waals surface area contributed by atoms with Crippen LogP contribution >= 0.6 is 0 Å². The van der Waals surface area contributed by atoms with Gasteiger partial charge in [-0.1, -0.05) is 48.5 Å². The van der Waals surface area contributed by atoms with Gasteiger partial charge in [0.25, 0.3) is 0 Å². The number of hydrogen-bond acceptors (Lipinski definition) is 3. The molecule has 0 aliphatic rings. The van der Waals surface area contributed by atoms with Crippen LogP contribution in [-0.4, -0.2) is 21.7 Å². The number of aryl methyl sites for hydroxylation is 2. The summed E-state index contributed by atoms with van der Waals surface area (Å²) >= 11 is 0. The first-order valence-electron chi connectivity index (χ1n) is 8.18. The molecule has 0 saturated heterocycles. The number of carbonyl (C=O) groups is 1. The Morgan fingerprint density at radius 2 is 1.72 bits per heavy atom. The van der Waals surface area contributed by atoms with E-state index in [4.69, 9.17) is 4.74 Å². The second kappa shape index (κ2) is 7.66. The maximum Gasteiger partial charge on any atom is 0.328 e. The van der Waals surface area contributed by atoms with Gasteiger partial charge in [-0.2, -0.15) is 0 Å². The molecular formula is C20H20N2O3. The topological polar surface area (TPSA) is 53.2 Å². The van der Waals surface area contributed by atoms with E-state index in [0.29, 0.717) is 6.54 Å². The molecule has 0 saturated carbocycles. The molecule has 0 aliphatic heterocycles. The first-order chi connectivity index (χ1) is 12.2. The highest BCUT2D eigenvalue weighted by atomic mass is 16.5. The van der Waals surface area contributed by atoms with Crippen molar-refractivity contribution in [1.82, 2.24) is 9.13 Å². The van der Waals surface area contributed by atoms with Crippen molar-refractivity contribution in [3.05, 3.63) is 76.7 Å². The molecule has 5 heteroatoms. The molecule has 25 heavy (non-hydrogen) atoms. The zero-order valence-electron chi connectivity index (χ0n) is 14.1. The largest absolute Gasteiger partial charge is 0.461 e. The average Bonchev–Trinajstić information content (AvgIpc) is 2.89. The predicted octanol–water partition coefficient (Wildman–Crippen LogP) is 2.99. The van der Waals surface area contributed by atoms with Crippen molar-refractivity contribution in [3.8, 4) is 0 Å². The molecule has 0 N–H and O–H groups in total. The summed E-state index contributed by atoms with van der Waals surface area (Å²) in [5.74, 6) is -0.322. The lowest BCUT2D eigenvalue weighted by Gasteiger charge is -2.04. The third-order valence-corrected chi connectivity index (χ3v) is 4.04. The number of hydrogen-bond donors (Lipinski definition) is 0. The highest BCUT2D eigenvalue weighted by Crippen LogP contribution is 2.12. The molecule has 3 rings (SSSR count). The Hall–Kier alpha value is -3.08. The van der Waals surface area contributed by atoms with E-state index < -0.39 is 0 Å². The van der Waals surface area contributed by atoms with E-state index in [1.807, 2.05) is 60.7 Å². The smallest absolute Gasteiger partial charge is 0.328 e. The van der Waals surface area contributed by atoms with Crippen LogP contribution in [0.15, 0.2) is 65.5 Å². The normalized spacial score (nSPS) is 11.2. The van der Waals surface area contributed by atoms with Crippen LogP contribution < -0.4 is 5.69 Å². The summed E-state index contributed by atoms with van der Waals surface area (Å²) in [5.41, 5.74) is 2.61. The summed E-state index contributed by atoms with van der Waals surface area (Å²) in [6, 6.07) is 17.3. The maximum absolute atomic E-state index is 12.3. The number of nitrogens with zero attached hydrogens (tertiary/aromatic N) is 2. The monoisotopic (exact) mass is 336 g/mol. The van der Waals surface area contributed by atoms with Crippen molar-refractivity contribution in [2.45, 2.75) is 13.0 Å². The molecule has 1 heterocycles. The number of rotatable bonds is 6. The van der Waals surface area contributed by atoms with Crippen molar-refractivity contribution in [1.29, 1.82) is 0 Å². The second-order valence-electron chi connectivity index (χ2n) is 5.73. The van der Waals surface area contributed by atoms with E-state index >= 15 is 0 Å². The molecule has 0 aliphatic carbocycles. The number of benzene rings is 2. The number of ether oxygens (including phenoxy) is 1. The van der Waals surface area contributed by atoms with Gasteiger partial charge < -0.3 is 4.74 Å². The second-order valence-corrected chi connectivity index (χ2v) is 5.73. The van der Waals surface area contributed by atoms with Crippen LogP contribution in [0.25, 0.3) is 17.1 Å². The lowest BCUT2D eigenvalue weighted by Crippen LogP contribution is -2.23. The molecule has 0 unspecified atom stereocenters. The molecule has 0 fully saturated rings. The number of fused-ring (bicyclic) bond motifs is 1. The lowest BCUT2D eigenvalue weighted by atomic mass is 10.2. The minimum absolute atomic E-state index is 0.127. The van der Waals surface area contributed by atoms with Crippen LogP contribution in [-0.2, 0) is 23.1 Å². The molecular weight excluding hydrogens is 316 g/mol. The summed E-state index contributed by atoms with van der Waals surface area (Å²) in [5, 5.41) is 0. The van der Waals surface area contributed by atoms with E-state index in [-0.39, 0.29) is 24.7 Å². The van der Waals surface area contributed by atoms with Gasteiger partial charge >= 0.3 is 11.7 Å². The van der Waals surface area contributed by atoms with E-state index in [9.17, 15) is 9.59 Å². The van der Waals surface area contributed by atoms with Crippen LogP contribution in [0, 0.1) is 0 Å². The summed E-state index contributed by atoms with van der Waals surface area (Å²) in [6.07, 6.45) is 3.87. The first-order valence-corrected chi connectivity index (χ1v) is 8.18. The van der Waals surface area contributed by atoms with Gasteiger partial charge in [-0.3, -0.25) is 13.9 Å². The summed E-state index contributed by atoms with van der Waals surface area (Å²) in [7, 11) is 1.73. The molecule has 2 aromatic carbocycles. The van der Waals surface area contributed by atoms with Crippen molar-refractivity contribution >= 4 is 23.1 Å². The predicted molar refractivity (Wildman–Crippen MR) is 98.2 cm³/mol. The highest BCUT2D eigenvalue weighted by Gasteiger charge is 2.11. The van der Waals surface area contributed by atoms with Gasteiger partial charge in [0.05, 0.1) is 17.5 Å². The number of para-hydroxylation sites is 2. The van der Waals surface area contributed by atoms with Crippen LogP contribution in [0.1, 0.15) is 12.0 Å².